The fraction of sp³-hybridized carbons (Fsp3) is 0.600. The number of nitrogens with zero attached hydrogens (tertiary/aromatic N) is 3. The summed E-state index contributed by atoms with van der Waals surface area (Å²) in [5, 5.41) is 12.1. The predicted molar refractivity (Wildman–Crippen MR) is 82.1 cm³/mol. The SMILES string of the molecule is Cc1cc([C@H](C)NCc2nnc(C)n2C2CC2)c(C)s1. The van der Waals surface area contributed by atoms with Gasteiger partial charge in [0.1, 0.15) is 11.6 Å². The zero-order valence-electron chi connectivity index (χ0n) is 12.6. The van der Waals surface area contributed by atoms with Gasteiger partial charge in [0.25, 0.3) is 0 Å². The van der Waals surface area contributed by atoms with Crippen LogP contribution in [0, 0.1) is 20.8 Å². The van der Waals surface area contributed by atoms with E-state index in [4.69, 9.17) is 0 Å². The highest BCUT2D eigenvalue weighted by Crippen LogP contribution is 2.36. The average Bonchev–Trinajstić information content (AvgIpc) is 3.08. The van der Waals surface area contributed by atoms with Gasteiger partial charge in [0.05, 0.1) is 6.54 Å². The van der Waals surface area contributed by atoms with Crippen LogP contribution in [0.5, 0.6) is 0 Å². The first kappa shape index (κ1) is 13.8. The standard InChI is InChI=1S/C15H22N4S/c1-9-7-14(11(3)20-9)10(2)16-8-15-18-17-12(4)19(15)13-5-6-13/h7,10,13,16H,5-6,8H2,1-4H3/t10-/m0/s1. The number of hydrogen-bond acceptors (Lipinski definition) is 4. The molecule has 1 N–H and O–H groups in total. The summed E-state index contributed by atoms with van der Waals surface area (Å²) < 4.78 is 2.30. The highest BCUT2D eigenvalue weighted by molar-refractivity contribution is 7.12. The molecule has 2 aromatic rings. The van der Waals surface area contributed by atoms with Crippen molar-refractivity contribution in [3.63, 3.8) is 0 Å². The van der Waals surface area contributed by atoms with E-state index in [1.807, 2.05) is 18.3 Å². The Morgan fingerprint density at radius 3 is 2.70 bits per heavy atom. The molecule has 0 aromatic carbocycles. The predicted octanol–water partition coefficient (Wildman–Crippen LogP) is 3.45. The maximum atomic E-state index is 4.32. The molecule has 0 radical (unpaired) electrons. The molecule has 5 heteroatoms. The van der Waals surface area contributed by atoms with E-state index in [-0.39, 0.29) is 0 Å². The molecule has 1 atom stereocenters. The molecule has 1 fully saturated rings. The number of thiophene rings is 1. The largest absolute Gasteiger partial charge is 0.311 e. The zero-order valence-corrected chi connectivity index (χ0v) is 13.4. The molecule has 0 amide bonds. The Hall–Kier alpha value is -1.20. The van der Waals surface area contributed by atoms with Crippen LogP contribution in [0.2, 0.25) is 0 Å². The first-order valence-electron chi connectivity index (χ1n) is 7.27. The van der Waals surface area contributed by atoms with Crippen LogP contribution in [0.15, 0.2) is 6.07 Å². The smallest absolute Gasteiger partial charge is 0.147 e. The first-order chi connectivity index (χ1) is 9.56. The van der Waals surface area contributed by atoms with Gasteiger partial charge in [0.15, 0.2) is 0 Å². The lowest BCUT2D eigenvalue weighted by Gasteiger charge is -2.14. The van der Waals surface area contributed by atoms with Crippen molar-refractivity contribution in [1.29, 1.82) is 0 Å². The van der Waals surface area contributed by atoms with Crippen molar-refractivity contribution in [2.24, 2.45) is 0 Å². The van der Waals surface area contributed by atoms with Crippen molar-refractivity contribution in [2.45, 2.75) is 59.2 Å². The fourth-order valence-corrected chi connectivity index (χ4v) is 3.80. The van der Waals surface area contributed by atoms with Crippen LogP contribution in [-0.2, 0) is 6.54 Å². The minimum atomic E-state index is 0.351. The Bertz CT molecular complexity index is 609. The molecule has 0 aliphatic heterocycles. The number of aromatic nitrogens is 3. The van der Waals surface area contributed by atoms with Crippen molar-refractivity contribution < 1.29 is 0 Å². The number of nitrogens with one attached hydrogen (secondary N) is 1. The Labute approximate surface area is 124 Å². The molecule has 2 aromatic heterocycles. The van der Waals surface area contributed by atoms with Crippen molar-refractivity contribution in [3.8, 4) is 0 Å². The van der Waals surface area contributed by atoms with Crippen LogP contribution >= 0.6 is 11.3 Å². The van der Waals surface area contributed by atoms with Gasteiger partial charge in [0, 0.05) is 21.8 Å². The van der Waals surface area contributed by atoms with Gasteiger partial charge in [-0.15, -0.1) is 21.5 Å². The van der Waals surface area contributed by atoms with Gasteiger partial charge in [-0.05, 0) is 52.2 Å². The van der Waals surface area contributed by atoms with Gasteiger partial charge in [-0.1, -0.05) is 0 Å². The Morgan fingerprint density at radius 1 is 1.35 bits per heavy atom. The van der Waals surface area contributed by atoms with Crippen LogP contribution in [0.1, 0.15) is 58.8 Å². The van der Waals surface area contributed by atoms with Crippen LogP contribution in [0.4, 0.5) is 0 Å². The summed E-state index contributed by atoms with van der Waals surface area (Å²) in [6, 6.07) is 3.28. The summed E-state index contributed by atoms with van der Waals surface area (Å²) in [5.41, 5.74) is 1.40. The van der Waals surface area contributed by atoms with Crippen LogP contribution in [-0.4, -0.2) is 14.8 Å². The molecule has 0 unspecified atom stereocenters. The lowest BCUT2D eigenvalue weighted by atomic mass is 10.1. The van der Waals surface area contributed by atoms with Crippen molar-refractivity contribution in [1.82, 2.24) is 20.1 Å². The number of rotatable bonds is 5. The Balaban J connectivity index is 1.69. The highest BCUT2D eigenvalue weighted by Gasteiger charge is 2.28. The molecule has 0 spiro atoms. The van der Waals surface area contributed by atoms with Crippen LogP contribution in [0.3, 0.4) is 0 Å². The summed E-state index contributed by atoms with van der Waals surface area (Å²) in [6.07, 6.45) is 2.54. The van der Waals surface area contributed by atoms with E-state index in [1.54, 1.807) is 0 Å². The lowest BCUT2D eigenvalue weighted by Crippen LogP contribution is -2.21. The molecular formula is C15H22N4S. The van der Waals surface area contributed by atoms with E-state index < -0.39 is 0 Å². The van der Waals surface area contributed by atoms with Gasteiger partial charge in [0.2, 0.25) is 0 Å². The quantitative estimate of drug-likeness (QED) is 0.917. The summed E-state index contributed by atoms with van der Waals surface area (Å²) in [5.74, 6) is 2.11. The maximum absolute atomic E-state index is 4.32. The summed E-state index contributed by atoms with van der Waals surface area (Å²) >= 11 is 1.87. The Kier molecular flexibility index (Phi) is 3.65. The molecule has 1 saturated carbocycles. The van der Waals surface area contributed by atoms with E-state index in [0.717, 1.165) is 18.2 Å². The van der Waals surface area contributed by atoms with E-state index in [1.165, 1.54) is 28.2 Å². The van der Waals surface area contributed by atoms with Gasteiger partial charge in [-0.3, -0.25) is 0 Å². The van der Waals surface area contributed by atoms with E-state index >= 15 is 0 Å². The summed E-state index contributed by atoms with van der Waals surface area (Å²) in [4.78, 5) is 2.78. The van der Waals surface area contributed by atoms with Gasteiger partial charge in [-0.25, -0.2) is 0 Å². The minimum Gasteiger partial charge on any atom is -0.311 e. The Morgan fingerprint density at radius 2 is 2.10 bits per heavy atom. The fourth-order valence-electron chi connectivity index (χ4n) is 2.78. The normalized spacial score (nSPS) is 16.6. The molecule has 4 nitrogen and oxygen atoms in total. The molecule has 108 valence electrons. The van der Waals surface area contributed by atoms with Gasteiger partial charge < -0.3 is 9.88 Å². The third kappa shape index (κ3) is 2.65. The van der Waals surface area contributed by atoms with Crippen LogP contribution in [0.25, 0.3) is 0 Å². The third-order valence-corrected chi connectivity index (χ3v) is 4.94. The third-order valence-electron chi connectivity index (χ3n) is 3.96. The minimum absolute atomic E-state index is 0.351. The lowest BCUT2D eigenvalue weighted by molar-refractivity contribution is 0.534. The second kappa shape index (κ2) is 5.30. The van der Waals surface area contributed by atoms with Crippen molar-refractivity contribution >= 4 is 11.3 Å². The molecule has 2 heterocycles. The maximum Gasteiger partial charge on any atom is 0.147 e. The van der Waals surface area contributed by atoms with Crippen LogP contribution < -0.4 is 5.32 Å². The number of aryl methyl sites for hydroxylation is 3. The molecule has 0 bridgehead atoms. The monoisotopic (exact) mass is 290 g/mol. The van der Waals surface area contributed by atoms with E-state index in [9.17, 15) is 0 Å². The molecule has 0 saturated heterocycles. The van der Waals surface area contributed by atoms with Gasteiger partial charge >= 0.3 is 0 Å². The van der Waals surface area contributed by atoms with Crippen molar-refractivity contribution in [3.05, 3.63) is 33.0 Å². The zero-order chi connectivity index (χ0) is 14.3. The molecule has 1 aliphatic rings. The molecule has 20 heavy (non-hydrogen) atoms. The van der Waals surface area contributed by atoms with Crippen molar-refractivity contribution in [2.75, 3.05) is 0 Å². The highest BCUT2D eigenvalue weighted by atomic mass is 32.1. The second-order valence-electron chi connectivity index (χ2n) is 5.74. The van der Waals surface area contributed by atoms with E-state index in [2.05, 4.69) is 46.9 Å². The average molecular weight is 290 g/mol. The number of hydrogen-bond donors (Lipinski definition) is 1. The van der Waals surface area contributed by atoms with Gasteiger partial charge in [-0.2, -0.15) is 0 Å². The molecular weight excluding hydrogens is 268 g/mol. The van der Waals surface area contributed by atoms with E-state index in [0.29, 0.717) is 12.1 Å². The first-order valence-corrected chi connectivity index (χ1v) is 8.08. The molecule has 3 rings (SSSR count). The topological polar surface area (TPSA) is 42.7 Å². The summed E-state index contributed by atoms with van der Waals surface area (Å²) in [7, 11) is 0. The summed E-state index contributed by atoms with van der Waals surface area (Å²) in [6.45, 7) is 9.42. The second-order valence-corrected chi connectivity index (χ2v) is 7.20. The molecule has 1 aliphatic carbocycles.